The number of rotatable bonds is 2. The molecule has 0 aliphatic carbocycles. The van der Waals surface area contributed by atoms with Crippen molar-refractivity contribution in [1.82, 2.24) is 0 Å². The lowest BCUT2D eigenvalue weighted by atomic mass is 9.92. The van der Waals surface area contributed by atoms with Crippen molar-refractivity contribution in [2.24, 2.45) is 0 Å². The van der Waals surface area contributed by atoms with Gasteiger partial charge in [0.2, 0.25) is 13.6 Å². The third-order valence-electron chi connectivity index (χ3n) is 5.07. The van der Waals surface area contributed by atoms with Gasteiger partial charge in [0, 0.05) is 16.3 Å². The van der Waals surface area contributed by atoms with Crippen molar-refractivity contribution >= 4 is 21.5 Å². The lowest BCUT2D eigenvalue weighted by Crippen LogP contribution is -1.93. The average molecular weight is 362 g/mol. The van der Waals surface area contributed by atoms with E-state index in [4.69, 9.17) is 28.1 Å². The number of hydrogen-bond acceptors (Lipinski definition) is 6. The van der Waals surface area contributed by atoms with Crippen LogP contribution in [0.1, 0.15) is 0 Å². The van der Waals surface area contributed by atoms with E-state index < -0.39 is 0 Å². The van der Waals surface area contributed by atoms with Crippen molar-refractivity contribution < 1.29 is 28.1 Å². The number of ether oxygens (including phenoxy) is 5. The molecule has 0 N–H and O–H groups in total. The summed E-state index contributed by atoms with van der Waals surface area (Å²) in [5, 5.41) is 3.78. The number of fused-ring (bicyclic) bond motifs is 4. The molecule has 0 saturated carbocycles. The minimum absolute atomic E-state index is 0.217. The van der Waals surface area contributed by atoms with Gasteiger partial charge in [-0.3, -0.25) is 0 Å². The SMILES string of the molecule is COc1c2cocc2c(-c2ccc3c(c2)OCO3)c2cc3c(cc12)OCO3. The summed E-state index contributed by atoms with van der Waals surface area (Å²) in [6.07, 6.45) is 3.44. The molecule has 27 heavy (non-hydrogen) atoms. The highest BCUT2D eigenvalue weighted by molar-refractivity contribution is 6.17. The zero-order valence-electron chi connectivity index (χ0n) is 14.4. The van der Waals surface area contributed by atoms with Gasteiger partial charge in [0.25, 0.3) is 0 Å². The number of methoxy groups -OCH3 is 1. The van der Waals surface area contributed by atoms with E-state index in [1.54, 1.807) is 19.6 Å². The van der Waals surface area contributed by atoms with E-state index in [1.807, 2.05) is 30.3 Å². The van der Waals surface area contributed by atoms with Crippen LogP contribution in [0, 0.1) is 0 Å². The Kier molecular flexibility index (Phi) is 2.83. The van der Waals surface area contributed by atoms with Gasteiger partial charge >= 0.3 is 0 Å². The zero-order valence-corrected chi connectivity index (χ0v) is 14.4. The molecule has 0 amide bonds. The first-order chi connectivity index (χ1) is 13.3. The normalized spacial score (nSPS) is 14.3. The highest BCUT2D eigenvalue weighted by atomic mass is 16.7. The second kappa shape index (κ2) is 5.23. The molecule has 0 spiro atoms. The topological polar surface area (TPSA) is 59.3 Å². The molecule has 0 atom stereocenters. The smallest absolute Gasteiger partial charge is 0.231 e. The van der Waals surface area contributed by atoms with E-state index >= 15 is 0 Å². The van der Waals surface area contributed by atoms with Crippen LogP contribution in [0.4, 0.5) is 0 Å². The lowest BCUT2D eigenvalue weighted by molar-refractivity contribution is 0.173. The van der Waals surface area contributed by atoms with Gasteiger partial charge in [-0.15, -0.1) is 0 Å². The minimum atomic E-state index is 0.217. The summed E-state index contributed by atoms with van der Waals surface area (Å²) in [6.45, 7) is 0.455. The Morgan fingerprint density at radius 3 is 2.15 bits per heavy atom. The predicted octanol–water partition coefficient (Wildman–Crippen LogP) is 4.72. The molecule has 6 nitrogen and oxygen atoms in total. The van der Waals surface area contributed by atoms with Crippen LogP contribution in [0.2, 0.25) is 0 Å². The maximum atomic E-state index is 5.72. The third kappa shape index (κ3) is 1.95. The van der Waals surface area contributed by atoms with Crippen LogP contribution in [-0.2, 0) is 0 Å². The van der Waals surface area contributed by atoms with Crippen LogP contribution in [0.25, 0.3) is 32.7 Å². The second-order valence-electron chi connectivity index (χ2n) is 6.43. The van der Waals surface area contributed by atoms with Crippen molar-refractivity contribution in [3.63, 3.8) is 0 Å². The molecule has 0 radical (unpaired) electrons. The van der Waals surface area contributed by atoms with Crippen LogP contribution in [0.3, 0.4) is 0 Å². The van der Waals surface area contributed by atoms with Crippen molar-refractivity contribution in [2.45, 2.75) is 0 Å². The molecule has 3 heterocycles. The first-order valence-electron chi connectivity index (χ1n) is 8.53. The van der Waals surface area contributed by atoms with Crippen molar-refractivity contribution in [3.05, 3.63) is 42.9 Å². The Morgan fingerprint density at radius 2 is 1.37 bits per heavy atom. The fourth-order valence-corrected chi connectivity index (χ4v) is 3.88. The van der Waals surface area contributed by atoms with E-state index in [0.29, 0.717) is 5.75 Å². The summed E-state index contributed by atoms with van der Waals surface area (Å²) in [5.74, 6) is 3.65. The Hall–Kier alpha value is -3.54. The van der Waals surface area contributed by atoms with Crippen LogP contribution in [0.15, 0.2) is 47.3 Å². The Labute approximate surface area is 153 Å². The molecule has 3 aromatic carbocycles. The molecule has 6 rings (SSSR count). The summed E-state index contributed by atoms with van der Waals surface area (Å²) in [7, 11) is 1.66. The van der Waals surface area contributed by atoms with Crippen molar-refractivity contribution in [2.75, 3.05) is 20.7 Å². The number of hydrogen-bond donors (Lipinski definition) is 0. The molecule has 4 aromatic rings. The lowest BCUT2D eigenvalue weighted by Gasteiger charge is -2.14. The highest BCUT2D eigenvalue weighted by Crippen LogP contribution is 2.49. The van der Waals surface area contributed by atoms with E-state index in [9.17, 15) is 0 Å². The van der Waals surface area contributed by atoms with E-state index in [-0.39, 0.29) is 13.6 Å². The summed E-state index contributed by atoms with van der Waals surface area (Å²) in [4.78, 5) is 0. The van der Waals surface area contributed by atoms with Crippen LogP contribution in [0.5, 0.6) is 28.7 Å². The largest absolute Gasteiger partial charge is 0.495 e. The number of furan rings is 1. The van der Waals surface area contributed by atoms with E-state index in [0.717, 1.165) is 55.7 Å². The Bertz CT molecular complexity index is 1220. The van der Waals surface area contributed by atoms with Crippen LogP contribution >= 0.6 is 0 Å². The first-order valence-corrected chi connectivity index (χ1v) is 8.53. The summed E-state index contributed by atoms with van der Waals surface area (Å²) >= 11 is 0. The predicted molar refractivity (Wildman–Crippen MR) is 98.0 cm³/mol. The second-order valence-corrected chi connectivity index (χ2v) is 6.43. The molecule has 2 aliphatic heterocycles. The average Bonchev–Trinajstić information content (AvgIpc) is 3.43. The summed E-state index contributed by atoms with van der Waals surface area (Å²) < 4.78 is 33.5. The van der Waals surface area contributed by atoms with Gasteiger partial charge in [-0.05, 0) is 35.2 Å². The summed E-state index contributed by atoms with van der Waals surface area (Å²) in [6, 6.07) is 9.88. The van der Waals surface area contributed by atoms with Gasteiger partial charge in [0.05, 0.1) is 18.8 Å². The molecule has 134 valence electrons. The molecular formula is C21H14O6. The molecule has 0 bridgehead atoms. The van der Waals surface area contributed by atoms with Gasteiger partial charge in [0.15, 0.2) is 23.0 Å². The summed E-state index contributed by atoms with van der Waals surface area (Å²) in [5.41, 5.74) is 2.02. The maximum absolute atomic E-state index is 5.72. The zero-order chi connectivity index (χ0) is 18.0. The maximum Gasteiger partial charge on any atom is 0.231 e. The fourth-order valence-electron chi connectivity index (χ4n) is 3.88. The molecule has 0 unspecified atom stereocenters. The first kappa shape index (κ1) is 14.6. The molecule has 6 heteroatoms. The van der Waals surface area contributed by atoms with Crippen LogP contribution in [-0.4, -0.2) is 20.7 Å². The minimum Gasteiger partial charge on any atom is -0.495 e. The molecular weight excluding hydrogens is 348 g/mol. The molecule has 0 saturated heterocycles. The molecule has 1 aromatic heterocycles. The fraction of sp³-hybridized carbons (Fsp3) is 0.143. The highest BCUT2D eigenvalue weighted by Gasteiger charge is 2.24. The van der Waals surface area contributed by atoms with Gasteiger partial charge in [0.1, 0.15) is 12.0 Å². The van der Waals surface area contributed by atoms with Crippen LogP contribution < -0.4 is 23.7 Å². The van der Waals surface area contributed by atoms with Gasteiger partial charge in [-0.25, -0.2) is 0 Å². The standard InChI is InChI=1S/C21H14O6/c1-22-21-13-6-19-18(26-10-27-19)5-12(13)20(14-7-23-8-15(14)21)11-2-3-16-17(4-11)25-9-24-16/h2-8H,9-10H2,1H3. The third-order valence-corrected chi connectivity index (χ3v) is 5.07. The van der Waals surface area contributed by atoms with Crippen molar-refractivity contribution in [3.8, 4) is 39.9 Å². The molecule has 0 fully saturated rings. The quantitative estimate of drug-likeness (QED) is 0.514. The monoisotopic (exact) mass is 362 g/mol. The Morgan fingerprint density at radius 1 is 0.704 bits per heavy atom. The van der Waals surface area contributed by atoms with E-state index in [2.05, 4.69) is 0 Å². The van der Waals surface area contributed by atoms with E-state index in [1.165, 1.54) is 0 Å². The Balaban J connectivity index is 1.75. The van der Waals surface area contributed by atoms with Gasteiger partial charge in [-0.2, -0.15) is 0 Å². The molecule has 2 aliphatic rings. The van der Waals surface area contributed by atoms with Gasteiger partial charge in [-0.1, -0.05) is 6.07 Å². The number of benzene rings is 3. The van der Waals surface area contributed by atoms with Gasteiger partial charge < -0.3 is 28.1 Å². The van der Waals surface area contributed by atoms with Crippen molar-refractivity contribution in [1.29, 1.82) is 0 Å².